The monoisotopic (exact) mass is 284 g/mol. The van der Waals surface area contributed by atoms with Gasteiger partial charge in [-0.15, -0.1) is 5.10 Å². The molecule has 2 saturated heterocycles. The lowest BCUT2D eigenvalue weighted by atomic mass is 9.90. The van der Waals surface area contributed by atoms with Crippen LogP contribution < -0.4 is 4.90 Å². The van der Waals surface area contributed by atoms with Gasteiger partial charge in [0, 0.05) is 38.5 Å². The molecule has 5 heteroatoms. The van der Waals surface area contributed by atoms with Gasteiger partial charge < -0.3 is 9.32 Å². The lowest BCUT2D eigenvalue weighted by Crippen LogP contribution is -2.29. The number of hydrogen-bond acceptors (Lipinski definition) is 5. The van der Waals surface area contributed by atoms with Gasteiger partial charge in [0.1, 0.15) is 0 Å². The number of benzene rings is 1. The van der Waals surface area contributed by atoms with Gasteiger partial charge in [0.15, 0.2) is 0 Å². The number of nitrogens with zero attached hydrogens (tertiary/aromatic N) is 4. The first kappa shape index (κ1) is 12.8. The molecule has 0 bridgehead atoms. The summed E-state index contributed by atoms with van der Waals surface area (Å²) in [6, 6.07) is 12.0. The first-order valence-electron chi connectivity index (χ1n) is 7.52. The van der Waals surface area contributed by atoms with Crippen molar-refractivity contribution in [3.63, 3.8) is 0 Å². The molecule has 2 fully saturated rings. The van der Waals surface area contributed by atoms with Crippen LogP contribution in [0.25, 0.3) is 0 Å². The molecule has 2 aliphatic rings. The Balaban J connectivity index is 1.59. The van der Waals surface area contributed by atoms with Gasteiger partial charge in [-0.25, -0.2) is 0 Å². The van der Waals surface area contributed by atoms with E-state index in [9.17, 15) is 0 Å². The fraction of sp³-hybridized carbons (Fsp3) is 0.500. The van der Waals surface area contributed by atoms with E-state index in [1.807, 2.05) is 6.92 Å². The summed E-state index contributed by atoms with van der Waals surface area (Å²) in [5.41, 5.74) is 1.41. The Morgan fingerprint density at radius 1 is 1.10 bits per heavy atom. The normalized spacial score (nSPS) is 29.0. The number of fused-ring (bicyclic) bond motifs is 1. The summed E-state index contributed by atoms with van der Waals surface area (Å²) in [5.74, 6) is 1.94. The lowest BCUT2D eigenvalue weighted by molar-refractivity contribution is 0.278. The topological polar surface area (TPSA) is 45.4 Å². The Labute approximate surface area is 124 Å². The van der Waals surface area contributed by atoms with E-state index < -0.39 is 0 Å². The molecule has 0 saturated carbocycles. The van der Waals surface area contributed by atoms with Gasteiger partial charge in [-0.1, -0.05) is 35.4 Å². The van der Waals surface area contributed by atoms with E-state index in [2.05, 4.69) is 57.4 Å². The third kappa shape index (κ3) is 2.12. The maximum absolute atomic E-state index is 5.59. The summed E-state index contributed by atoms with van der Waals surface area (Å²) in [7, 11) is 2.23. The Hall–Kier alpha value is -1.88. The molecule has 1 aromatic heterocycles. The fourth-order valence-corrected chi connectivity index (χ4v) is 3.98. The Kier molecular flexibility index (Phi) is 2.96. The molecule has 0 unspecified atom stereocenters. The molecule has 4 rings (SSSR count). The molecule has 5 nitrogen and oxygen atoms in total. The molecular weight excluding hydrogens is 264 g/mol. The van der Waals surface area contributed by atoms with Crippen molar-refractivity contribution >= 4 is 6.01 Å². The first-order valence-corrected chi connectivity index (χ1v) is 7.52. The average Bonchev–Trinajstić information content (AvgIpc) is 3.13. The smallest absolute Gasteiger partial charge is 0.318 e. The van der Waals surface area contributed by atoms with Crippen LogP contribution in [-0.4, -0.2) is 41.8 Å². The number of aromatic nitrogens is 2. The largest absolute Gasteiger partial charge is 0.408 e. The average molecular weight is 284 g/mol. The third-order valence-electron chi connectivity index (χ3n) is 4.82. The van der Waals surface area contributed by atoms with E-state index in [1.54, 1.807) is 0 Å². The second kappa shape index (κ2) is 4.84. The number of rotatable bonds is 2. The SMILES string of the molecule is Cc1nnc(N2C[C@@H]3CN(C)[C@@H](c4ccccc4)[C@@H]3C2)o1. The van der Waals surface area contributed by atoms with Crippen molar-refractivity contribution in [2.45, 2.75) is 13.0 Å². The Bertz CT molecular complexity index is 626. The molecular formula is C16H20N4O. The summed E-state index contributed by atoms with van der Waals surface area (Å²) < 4.78 is 5.59. The minimum Gasteiger partial charge on any atom is -0.408 e. The summed E-state index contributed by atoms with van der Waals surface area (Å²) in [5, 5.41) is 8.12. The molecule has 110 valence electrons. The lowest BCUT2D eigenvalue weighted by Gasteiger charge is -2.26. The molecule has 3 atom stereocenters. The minimum absolute atomic E-state index is 0.491. The number of likely N-dealkylation sites (tertiary alicyclic amines) is 1. The Morgan fingerprint density at radius 2 is 1.90 bits per heavy atom. The van der Waals surface area contributed by atoms with Crippen LogP contribution in [0.5, 0.6) is 0 Å². The quantitative estimate of drug-likeness (QED) is 0.845. The second-order valence-electron chi connectivity index (χ2n) is 6.23. The van der Waals surface area contributed by atoms with Gasteiger partial charge in [0.2, 0.25) is 5.89 Å². The van der Waals surface area contributed by atoms with E-state index in [1.165, 1.54) is 5.56 Å². The predicted octanol–water partition coefficient (Wildman–Crippen LogP) is 2.12. The van der Waals surface area contributed by atoms with Crippen LogP contribution in [0, 0.1) is 18.8 Å². The van der Waals surface area contributed by atoms with Crippen molar-refractivity contribution in [3.05, 3.63) is 41.8 Å². The zero-order valence-corrected chi connectivity index (χ0v) is 12.4. The highest BCUT2D eigenvalue weighted by molar-refractivity contribution is 5.31. The second-order valence-corrected chi connectivity index (χ2v) is 6.23. The molecule has 0 N–H and O–H groups in total. The van der Waals surface area contributed by atoms with Crippen LogP contribution in [0.2, 0.25) is 0 Å². The molecule has 21 heavy (non-hydrogen) atoms. The highest BCUT2D eigenvalue weighted by atomic mass is 16.4. The van der Waals surface area contributed by atoms with Crippen molar-refractivity contribution in [3.8, 4) is 0 Å². The summed E-state index contributed by atoms with van der Waals surface area (Å²) in [6.45, 7) is 4.98. The molecule has 1 aromatic carbocycles. The van der Waals surface area contributed by atoms with E-state index in [-0.39, 0.29) is 0 Å². The summed E-state index contributed by atoms with van der Waals surface area (Å²) in [4.78, 5) is 4.74. The number of hydrogen-bond donors (Lipinski definition) is 0. The molecule has 0 aliphatic carbocycles. The van der Waals surface area contributed by atoms with E-state index in [0.29, 0.717) is 29.8 Å². The first-order chi connectivity index (χ1) is 10.2. The number of aryl methyl sites for hydroxylation is 1. The van der Waals surface area contributed by atoms with Gasteiger partial charge in [-0.3, -0.25) is 4.90 Å². The molecule has 3 heterocycles. The van der Waals surface area contributed by atoms with Crippen molar-refractivity contribution in [1.29, 1.82) is 0 Å². The van der Waals surface area contributed by atoms with Gasteiger partial charge >= 0.3 is 6.01 Å². The summed E-state index contributed by atoms with van der Waals surface area (Å²) in [6.07, 6.45) is 0. The standard InChI is InChI=1S/C16H20N4O/c1-11-17-18-16(21-11)20-9-13-8-19(2)15(14(13)10-20)12-6-4-3-5-7-12/h3-7,13-15H,8-10H2,1-2H3/t13-,14+,15-/m0/s1. The molecule has 0 radical (unpaired) electrons. The van der Waals surface area contributed by atoms with Crippen molar-refractivity contribution in [2.75, 3.05) is 31.6 Å². The molecule has 0 amide bonds. The zero-order valence-electron chi connectivity index (χ0n) is 12.4. The van der Waals surface area contributed by atoms with Crippen LogP contribution >= 0.6 is 0 Å². The maximum Gasteiger partial charge on any atom is 0.318 e. The van der Waals surface area contributed by atoms with Gasteiger partial charge in [-0.2, -0.15) is 0 Å². The van der Waals surface area contributed by atoms with E-state index >= 15 is 0 Å². The van der Waals surface area contributed by atoms with Gasteiger partial charge in [0.25, 0.3) is 0 Å². The van der Waals surface area contributed by atoms with E-state index in [4.69, 9.17) is 4.42 Å². The molecule has 0 spiro atoms. The predicted molar refractivity (Wildman–Crippen MR) is 80.0 cm³/mol. The Morgan fingerprint density at radius 3 is 2.62 bits per heavy atom. The number of anilines is 1. The maximum atomic E-state index is 5.59. The third-order valence-corrected chi connectivity index (χ3v) is 4.82. The van der Waals surface area contributed by atoms with Crippen molar-refractivity contribution in [1.82, 2.24) is 15.1 Å². The van der Waals surface area contributed by atoms with Crippen LogP contribution in [0.1, 0.15) is 17.5 Å². The van der Waals surface area contributed by atoms with Crippen LogP contribution in [0.4, 0.5) is 6.01 Å². The highest BCUT2D eigenvalue weighted by Crippen LogP contribution is 2.44. The highest BCUT2D eigenvalue weighted by Gasteiger charge is 2.47. The van der Waals surface area contributed by atoms with Crippen LogP contribution in [0.3, 0.4) is 0 Å². The summed E-state index contributed by atoms with van der Waals surface area (Å²) >= 11 is 0. The molecule has 2 aliphatic heterocycles. The van der Waals surface area contributed by atoms with Crippen molar-refractivity contribution in [2.24, 2.45) is 11.8 Å². The van der Waals surface area contributed by atoms with Crippen molar-refractivity contribution < 1.29 is 4.42 Å². The van der Waals surface area contributed by atoms with Crippen LogP contribution in [-0.2, 0) is 0 Å². The van der Waals surface area contributed by atoms with E-state index in [0.717, 1.165) is 19.6 Å². The zero-order chi connectivity index (χ0) is 14.4. The minimum atomic E-state index is 0.491. The molecule has 2 aromatic rings. The van der Waals surface area contributed by atoms with Gasteiger partial charge in [0.05, 0.1) is 0 Å². The van der Waals surface area contributed by atoms with Gasteiger partial charge in [-0.05, 0) is 18.5 Å². The van der Waals surface area contributed by atoms with Crippen LogP contribution in [0.15, 0.2) is 34.7 Å². The fourth-order valence-electron chi connectivity index (χ4n) is 3.98.